The summed E-state index contributed by atoms with van der Waals surface area (Å²) in [7, 11) is 0. The monoisotopic (exact) mass is 423 g/mol. The molecule has 0 fully saturated rings. The highest BCUT2D eigenvalue weighted by Crippen LogP contribution is 2.18. The van der Waals surface area contributed by atoms with E-state index in [1.54, 1.807) is 24.3 Å². The van der Waals surface area contributed by atoms with Crippen LogP contribution in [0.2, 0.25) is 5.02 Å². The third kappa shape index (κ3) is 6.15. The average molecular weight is 424 g/mol. The topological polar surface area (TPSA) is 93.8 Å². The van der Waals surface area contributed by atoms with Gasteiger partial charge in [-0.2, -0.15) is 5.10 Å². The van der Waals surface area contributed by atoms with Crippen LogP contribution in [0.1, 0.15) is 16.7 Å². The molecule has 7 nitrogen and oxygen atoms in total. The normalized spacial score (nSPS) is 10.7. The van der Waals surface area contributed by atoms with Gasteiger partial charge in [-0.05, 0) is 35.4 Å². The molecule has 0 unspecified atom stereocenters. The van der Waals surface area contributed by atoms with Crippen molar-refractivity contribution in [1.82, 2.24) is 5.43 Å². The first-order valence-corrected chi connectivity index (χ1v) is 9.40. The number of carbonyl (C=O) groups excluding carboxylic acids is 1. The van der Waals surface area contributed by atoms with Crippen LogP contribution in [0, 0.1) is 10.1 Å². The summed E-state index contributed by atoms with van der Waals surface area (Å²) in [5, 5.41) is 15.3. The maximum atomic E-state index is 12.0. The van der Waals surface area contributed by atoms with Crippen molar-refractivity contribution < 1.29 is 14.5 Å². The Balaban J connectivity index is 1.55. The lowest BCUT2D eigenvalue weighted by Crippen LogP contribution is -2.19. The molecule has 0 radical (unpaired) electrons. The fraction of sp³-hybridized carbons (Fsp3) is 0.0909. The van der Waals surface area contributed by atoms with Gasteiger partial charge in [-0.15, -0.1) is 0 Å². The minimum Gasteiger partial charge on any atom is -0.488 e. The van der Waals surface area contributed by atoms with Gasteiger partial charge < -0.3 is 4.74 Å². The Morgan fingerprint density at radius 3 is 2.40 bits per heavy atom. The maximum Gasteiger partial charge on any atom is 0.269 e. The van der Waals surface area contributed by atoms with Gasteiger partial charge in [0.25, 0.3) is 5.69 Å². The number of nitro groups is 1. The Morgan fingerprint density at radius 1 is 1.03 bits per heavy atom. The van der Waals surface area contributed by atoms with Crippen LogP contribution in [0.4, 0.5) is 5.69 Å². The molecule has 30 heavy (non-hydrogen) atoms. The van der Waals surface area contributed by atoms with E-state index in [2.05, 4.69) is 10.5 Å². The molecule has 3 aromatic carbocycles. The number of rotatable bonds is 8. The van der Waals surface area contributed by atoms with E-state index in [0.717, 1.165) is 5.56 Å². The van der Waals surface area contributed by atoms with Gasteiger partial charge >= 0.3 is 0 Å². The van der Waals surface area contributed by atoms with Crippen LogP contribution in [-0.2, 0) is 17.8 Å². The fourth-order valence-corrected chi connectivity index (χ4v) is 2.72. The third-order valence-corrected chi connectivity index (χ3v) is 4.38. The number of nitro benzene ring substituents is 1. The average Bonchev–Trinajstić information content (AvgIpc) is 2.74. The third-order valence-electron chi connectivity index (χ3n) is 4.13. The first kappa shape index (κ1) is 21.0. The fourth-order valence-electron chi connectivity index (χ4n) is 2.59. The lowest BCUT2D eigenvalue weighted by molar-refractivity contribution is -0.384. The number of hydrogen-bond donors (Lipinski definition) is 1. The van der Waals surface area contributed by atoms with Gasteiger partial charge in [-0.3, -0.25) is 14.9 Å². The van der Waals surface area contributed by atoms with Crippen LogP contribution in [-0.4, -0.2) is 17.0 Å². The minimum atomic E-state index is -0.486. The van der Waals surface area contributed by atoms with E-state index in [9.17, 15) is 14.9 Å². The van der Waals surface area contributed by atoms with Gasteiger partial charge in [0.15, 0.2) is 0 Å². The van der Waals surface area contributed by atoms with Gasteiger partial charge in [0.05, 0.1) is 17.6 Å². The van der Waals surface area contributed by atoms with Crippen molar-refractivity contribution in [2.45, 2.75) is 13.0 Å². The van der Waals surface area contributed by atoms with Crippen molar-refractivity contribution in [3.63, 3.8) is 0 Å². The molecule has 0 saturated carbocycles. The highest BCUT2D eigenvalue weighted by Gasteiger charge is 2.07. The van der Waals surface area contributed by atoms with Crippen molar-refractivity contribution in [3.8, 4) is 5.75 Å². The largest absolute Gasteiger partial charge is 0.488 e. The van der Waals surface area contributed by atoms with Crippen molar-refractivity contribution >= 4 is 29.4 Å². The lowest BCUT2D eigenvalue weighted by Gasteiger charge is -2.09. The number of hydrogen-bond acceptors (Lipinski definition) is 5. The first-order chi connectivity index (χ1) is 14.5. The molecular weight excluding hydrogens is 406 g/mol. The summed E-state index contributed by atoms with van der Waals surface area (Å²) in [6.45, 7) is 0.370. The zero-order valence-corrected chi connectivity index (χ0v) is 16.6. The van der Waals surface area contributed by atoms with Gasteiger partial charge in [-0.1, -0.05) is 48.0 Å². The Bertz CT molecular complexity index is 1050. The number of hydrazone groups is 1. The molecular formula is C22H18ClN3O4. The van der Waals surface area contributed by atoms with Crippen molar-refractivity contribution in [1.29, 1.82) is 0 Å². The molecule has 3 aromatic rings. The molecule has 0 aromatic heterocycles. The second-order valence-corrected chi connectivity index (χ2v) is 6.78. The summed E-state index contributed by atoms with van der Waals surface area (Å²) in [5.41, 5.74) is 4.77. The first-order valence-electron chi connectivity index (χ1n) is 9.03. The van der Waals surface area contributed by atoms with E-state index in [1.165, 1.54) is 18.3 Å². The van der Waals surface area contributed by atoms with E-state index < -0.39 is 4.92 Å². The maximum absolute atomic E-state index is 12.0. The number of amides is 1. The highest BCUT2D eigenvalue weighted by atomic mass is 35.5. The Morgan fingerprint density at radius 2 is 1.70 bits per heavy atom. The summed E-state index contributed by atoms with van der Waals surface area (Å²) in [6.07, 6.45) is 1.56. The minimum absolute atomic E-state index is 0.0209. The van der Waals surface area contributed by atoms with E-state index in [0.29, 0.717) is 28.5 Å². The number of benzene rings is 3. The molecule has 0 atom stereocenters. The summed E-state index contributed by atoms with van der Waals surface area (Å²) < 4.78 is 5.84. The zero-order valence-electron chi connectivity index (χ0n) is 15.8. The molecule has 0 heterocycles. The molecule has 1 amide bonds. The number of para-hydroxylation sites is 1. The van der Waals surface area contributed by atoms with Crippen molar-refractivity contribution in [2.75, 3.05) is 0 Å². The second-order valence-electron chi connectivity index (χ2n) is 6.35. The molecule has 1 N–H and O–H groups in total. The second kappa shape index (κ2) is 10.2. The van der Waals surface area contributed by atoms with Gasteiger partial charge in [0.1, 0.15) is 12.4 Å². The Hall–Kier alpha value is -3.71. The Kier molecular flexibility index (Phi) is 7.13. The zero-order chi connectivity index (χ0) is 21.3. The predicted molar refractivity (Wildman–Crippen MR) is 115 cm³/mol. The number of ether oxygens (including phenoxy) is 1. The summed E-state index contributed by atoms with van der Waals surface area (Å²) in [4.78, 5) is 22.2. The summed E-state index contributed by atoms with van der Waals surface area (Å²) >= 11 is 5.89. The van der Waals surface area contributed by atoms with Gasteiger partial charge in [0, 0.05) is 22.7 Å². The standard InChI is InChI=1S/C22H18ClN3O4/c23-19-9-5-17(6-10-19)15-30-21-4-2-1-3-18(21)14-24-25-22(27)13-16-7-11-20(12-8-16)26(28)29/h1-12,14H,13,15H2,(H,25,27)/b24-14+. The van der Waals surface area contributed by atoms with Crippen LogP contribution in [0.15, 0.2) is 77.9 Å². The van der Waals surface area contributed by atoms with Crippen LogP contribution >= 0.6 is 11.6 Å². The molecule has 0 spiro atoms. The quantitative estimate of drug-likeness (QED) is 0.327. The summed E-state index contributed by atoms with van der Waals surface area (Å²) in [5.74, 6) is 0.292. The number of nitrogens with one attached hydrogen (secondary N) is 1. The Labute approximate surface area is 178 Å². The van der Waals surface area contributed by atoms with Crippen LogP contribution < -0.4 is 10.2 Å². The number of halogens is 1. The van der Waals surface area contributed by atoms with Gasteiger partial charge in [-0.25, -0.2) is 5.43 Å². The summed E-state index contributed by atoms with van der Waals surface area (Å²) in [6, 6.07) is 20.5. The van der Waals surface area contributed by atoms with Crippen LogP contribution in [0.5, 0.6) is 5.75 Å². The molecule has 0 bridgehead atoms. The van der Waals surface area contributed by atoms with E-state index >= 15 is 0 Å². The van der Waals surface area contributed by atoms with Crippen LogP contribution in [0.3, 0.4) is 0 Å². The van der Waals surface area contributed by atoms with Crippen LogP contribution in [0.25, 0.3) is 0 Å². The number of non-ortho nitro benzene ring substituents is 1. The SMILES string of the molecule is O=C(Cc1ccc([N+](=O)[O-])cc1)N/N=C/c1ccccc1OCc1ccc(Cl)cc1. The molecule has 152 valence electrons. The molecule has 0 aliphatic carbocycles. The predicted octanol–water partition coefficient (Wildman–Crippen LogP) is 4.52. The number of carbonyl (C=O) groups is 1. The number of nitrogens with zero attached hydrogens (tertiary/aromatic N) is 2. The molecule has 0 saturated heterocycles. The highest BCUT2D eigenvalue weighted by molar-refractivity contribution is 6.30. The molecule has 0 aliphatic rings. The van der Waals surface area contributed by atoms with Crippen molar-refractivity contribution in [2.24, 2.45) is 5.10 Å². The molecule has 3 rings (SSSR count). The van der Waals surface area contributed by atoms with Crippen molar-refractivity contribution in [3.05, 3.63) is 105 Å². The smallest absolute Gasteiger partial charge is 0.269 e. The molecule has 8 heteroatoms. The van der Waals surface area contributed by atoms with Gasteiger partial charge in [0.2, 0.25) is 5.91 Å². The van der Waals surface area contributed by atoms with E-state index in [1.807, 2.05) is 36.4 Å². The van der Waals surface area contributed by atoms with E-state index in [4.69, 9.17) is 16.3 Å². The molecule has 0 aliphatic heterocycles. The lowest BCUT2D eigenvalue weighted by atomic mass is 10.1. The van der Waals surface area contributed by atoms with E-state index in [-0.39, 0.29) is 18.0 Å².